The van der Waals surface area contributed by atoms with Gasteiger partial charge in [-0.1, -0.05) is 53.7 Å². The number of halogens is 1. The smallest absolute Gasteiger partial charge is 0.191 e. The third-order valence-corrected chi connectivity index (χ3v) is 7.41. The number of nitrogens with zero attached hydrogens (tertiary/aromatic N) is 4. The van der Waals surface area contributed by atoms with E-state index in [0.29, 0.717) is 5.92 Å². The lowest BCUT2D eigenvalue weighted by Crippen LogP contribution is -2.33. The summed E-state index contributed by atoms with van der Waals surface area (Å²) in [4.78, 5) is 2.53. The number of hydrogen-bond donors (Lipinski definition) is 0. The largest absolute Gasteiger partial charge is 0.496 e. The van der Waals surface area contributed by atoms with Gasteiger partial charge in [-0.05, 0) is 67.7 Å². The topological polar surface area (TPSA) is 43.2 Å². The molecular formula is C26H31ClN4OS. The lowest BCUT2D eigenvalue weighted by atomic mass is 9.95. The van der Waals surface area contributed by atoms with Gasteiger partial charge in [-0.3, -0.25) is 4.90 Å². The van der Waals surface area contributed by atoms with Crippen molar-refractivity contribution in [1.82, 2.24) is 19.7 Å². The molecule has 1 aliphatic rings. The van der Waals surface area contributed by atoms with Crippen LogP contribution in [-0.4, -0.2) is 39.9 Å². The zero-order valence-electron chi connectivity index (χ0n) is 19.3. The van der Waals surface area contributed by atoms with Crippen molar-refractivity contribution >= 4 is 23.4 Å². The summed E-state index contributed by atoms with van der Waals surface area (Å²) in [5.41, 5.74) is 3.70. The maximum Gasteiger partial charge on any atom is 0.191 e. The molecule has 1 aliphatic heterocycles. The van der Waals surface area contributed by atoms with E-state index >= 15 is 0 Å². The summed E-state index contributed by atoms with van der Waals surface area (Å²) >= 11 is 7.83. The zero-order valence-corrected chi connectivity index (χ0v) is 20.9. The van der Waals surface area contributed by atoms with Gasteiger partial charge in [-0.15, -0.1) is 16.8 Å². The summed E-state index contributed by atoms with van der Waals surface area (Å²) in [6, 6.07) is 14.4. The SMILES string of the molecule is C=CCn1c(SCc2cccc(Cl)c2)nnc1C1CCN(Cc2ccc(OC)c(C)c2)CC1. The molecule has 0 saturated carbocycles. The van der Waals surface area contributed by atoms with E-state index in [4.69, 9.17) is 16.3 Å². The molecule has 174 valence electrons. The number of benzene rings is 2. The molecule has 2 heterocycles. The summed E-state index contributed by atoms with van der Waals surface area (Å²) < 4.78 is 7.62. The highest BCUT2D eigenvalue weighted by Gasteiger charge is 2.26. The highest BCUT2D eigenvalue weighted by Crippen LogP contribution is 2.31. The van der Waals surface area contributed by atoms with Crippen LogP contribution in [0.25, 0.3) is 0 Å². The average molecular weight is 483 g/mol. The third-order valence-electron chi connectivity index (χ3n) is 6.13. The molecule has 1 saturated heterocycles. The Hall–Kier alpha value is -2.28. The van der Waals surface area contributed by atoms with Crippen molar-refractivity contribution in [1.29, 1.82) is 0 Å². The molecule has 0 unspecified atom stereocenters. The van der Waals surface area contributed by atoms with Crippen LogP contribution in [0.15, 0.2) is 60.3 Å². The molecule has 0 amide bonds. The number of methoxy groups -OCH3 is 1. The molecule has 0 radical (unpaired) electrons. The van der Waals surface area contributed by atoms with Gasteiger partial charge in [0.25, 0.3) is 0 Å². The highest BCUT2D eigenvalue weighted by molar-refractivity contribution is 7.98. The molecule has 33 heavy (non-hydrogen) atoms. The van der Waals surface area contributed by atoms with Crippen molar-refractivity contribution in [2.75, 3.05) is 20.2 Å². The molecule has 0 bridgehead atoms. The van der Waals surface area contributed by atoms with Crippen molar-refractivity contribution in [2.45, 2.75) is 49.7 Å². The first-order valence-electron chi connectivity index (χ1n) is 11.3. The van der Waals surface area contributed by atoms with Gasteiger partial charge < -0.3 is 9.30 Å². The van der Waals surface area contributed by atoms with Crippen molar-refractivity contribution in [2.24, 2.45) is 0 Å². The Morgan fingerprint density at radius 2 is 1.97 bits per heavy atom. The molecule has 2 aromatic carbocycles. The average Bonchev–Trinajstić information content (AvgIpc) is 3.21. The number of aromatic nitrogens is 3. The van der Waals surface area contributed by atoms with Gasteiger partial charge in [0.15, 0.2) is 5.16 Å². The molecule has 4 rings (SSSR count). The minimum atomic E-state index is 0.423. The van der Waals surface area contributed by atoms with Crippen molar-refractivity contribution < 1.29 is 4.74 Å². The minimum absolute atomic E-state index is 0.423. The van der Waals surface area contributed by atoms with Crippen LogP contribution in [0.5, 0.6) is 5.75 Å². The second kappa shape index (κ2) is 11.2. The summed E-state index contributed by atoms with van der Waals surface area (Å²) in [7, 11) is 1.72. The Morgan fingerprint density at radius 3 is 2.67 bits per heavy atom. The van der Waals surface area contributed by atoms with Crippen LogP contribution in [-0.2, 0) is 18.8 Å². The zero-order chi connectivity index (χ0) is 23.2. The van der Waals surface area contributed by atoms with Gasteiger partial charge in [0.1, 0.15) is 11.6 Å². The highest BCUT2D eigenvalue weighted by atomic mass is 35.5. The normalized spacial score (nSPS) is 15.0. The minimum Gasteiger partial charge on any atom is -0.496 e. The first-order chi connectivity index (χ1) is 16.1. The van der Waals surface area contributed by atoms with E-state index in [9.17, 15) is 0 Å². The molecule has 1 fully saturated rings. The van der Waals surface area contributed by atoms with E-state index in [1.54, 1.807) is 18.9 Å². The summed E-state index contributed by atoms with van der Waals surface area (Å²) in [5.74, 6) is 3.27. The molecule has 0 atom stereocenters. The molecular weight excluding hydrogens is 452 g/mol. The van der Waals surface area contributed by atoms with Crippen LogP contribution in [0.3, 0.4) is 0 Å². The van der Waals surface area contributed by atoms with Gasteiger partial charge in [0.05, 0.1) is 7.11 Å². The van der Waals surface area contributed by atoms with E-state index < -0.39 is 0 Å². The molecule has 3 aromatic rings. The Bertz CT molecular complexity index is 1090. The summed E-state index contributed by atoms with van der Waals surface area (Å²) in [6.07, 6.45) is 4.10. The molecule has 0 aliphatic carbocycles. The van der Waals surface area contributed by atoms with E-state index in [1.165, 1.54) is 16.7 Å². The lowest BCUT2D eigenvalue weighted by molar-refractivity contribution is 0.200. The quantitative estimate of drug-likeness (QED) is 0.272. The number of hydrogen-bond acceptors (Lipinski definition) is 5. The van der Waals surface area contributed by atoms with Crippen LogP contribution in [0.1, 0.15) is 41.3 Å². The number of allylic oxidation sites excluding steroid dienone is 1. The van der Waals surface area contributed by atoms with E-state index in [0.717, 1.165) is 66.5 Å². The Kier molecular flexibility index (Phi) is 8.12. The number of ether oxygens (including phenoxy) is 1. The second-order valence-corrected chi connectivity index (χ2v) is 9.89. The molecule has 5 nitrogen and oxygen atoms in total. The molecule has 0 spiro atoms. The van der Waals surface area contributed by atoms with Gasteiger partial charge in [-0.2, -0.15) is 0 Å². The number of rotatable bonds is 9. The van der Waals surface area contributed by atoms with Gasteiger partial charge in [0, 0.05) is 29.8 Å². The number of piperidine rings is 1. The van der Waals surface area contributed by atoms with E-state index in [1.807, 2.05) is 24.3 Å². The van der Waals surface area contributed by atoms with Gasteiger partial charge in [0.2, 0.25) is 0 Å². The summed E-state index contributed by atoms with van der Waals surface area (Å²) in [5, 5.41) is 10.9. The van der Waals surface area contributed by atoms with E-state index in [-0.39, 0.29) is 0 Å². The van der Waals surface area contributed by atoms with Crippen LogP contribution >= 0.6 is 23.4 Å². The summed E-state index contributed by atoms with van der Waals surface area (Å²) in [6.45, 7) is 9.86. The fourth-order valence-electron chi connectivity index (χ4n) is 4.43. The predicted octanol–water partition coefficient (Wildman–Crippen LogP) is 6.11. The standard InChI is InChI=1S/C26H31ClN4OS/c1-4-12-31-25(28-29-26(31)33-18-21-6-5-7-23(27)16-21)22-10-13-30(14-11-22)17-20-8-9-24(32-3)19(2)15-20/h4-9,15-16,22H,1,10-14,17-18H2,2-3H3. The molecule has 1 aromatic heterocycles. The molecule has 0 N–H and O–H groups in total. The number of likely N-dealkylation sites (tertiary alicyclic amines) is 1. The number of aryl methyl sites for hydroxylation is 1. The first-order valence-corrected chi connectivity index (χ1v) is 12.7. The Labute approximate surface area is 205 Å². The van der Waals surface area contributed by atoms with Crippen molar-refractivity contribution in [3.8, 4) is 5.75 Å². The van der Waals surface area contributed by atoms with Crippen LogP contribution < -0.4 is 4.74 Å². The Balaban J connectivity index is 1.38. The maximum absolute atomic E-state index is 6.13. The lowest BCUT2D eigenvalue weighted by Gasteiger charge is -2.31. The van der Waals surface area contributed by atoms with Crippen molar-refractivity contribution in [3.63, 3.8) is 0 Å². The predicted molar refractivity (Wildman–Crippen MR) is 136 cm³/mol. The second-order valence-electron chi connectivity index (χ2n) is 8.51. The fourth-order valence-corrected chi connectivity index (χ4v) is 5.54. The van der Waals surface area contributed by atoms with Crippen molar-refractivity contribution in [3.05, 3.63) is 82.7 Å². The van der Waals surface area contributed by atoms with Gasteiger partial charge >= 0.3 is 0 Å². The van der Waals surface area contributed by atoms with E-state index in [2.05, 4.69) is 57.4 Å². The third kappa shape index (κ3) is 5.99. The van der Waals surface area contributed by atoms with Gasteiger partial charge in [-0.25, -0.2) is 0 Å². The maximum atomic E-state index is 6.13. The monoisotopic (exact) mass is 482 g/mol. The number of thioether (sulfide) groups is 1. The molecule has 7 heteroatoms. The van der Waals surface area contributed by atoms with Crippen LogP contribution in [0.4, 0.5) is 0 Å². The first kappa shape index (κ1) is 23.9. The van der Waals surface area contributed by atoms with Crippen LogP contribution in [0.2, 0.25) is 5.02 Å². The Morgan fingerprint density at radius 1 is 1.15 bits per heavy atom. The van der Waals surface area contributed by atoms with Crippen LogP contribution in [0, 0.1) is 6.92 Å². The fraction of sp³-hybridized carbons (Fsp3) is 0.385.